The lowest BCUT2D eigenvalue weighted by molar-refractivity contribution is -0.132. The molecule has 5 rings (SSSR count). The molecular formula is C40H43N5O6. The quantitative estimate of drug-likeness (QED) is 0.109. The molecule has 4 aromatic carbocycles. The Kier molecular flexibility index (Phi) is 12.7. The van der Waals surface area contributed by atoms with E-state index in [1.54, 1.807) is 97.1 Å². The van der Waals surface area contributed by atoms with Crippen molar-refractivity contribution in [3.8, 4) is 5.75 Å². The Hall–Kier alpha value is -5.81. The minimum Gasteiger partial charge on any atom is -0.481 e. The zero-order valence-corrected chi connectivity index (χ0v) is 28.5. The summed E-state index contributed by atoms with van der Waals surface area (Å²) in [5.41, 5.74) is 8.19. The number of benzene rings is 4. The third-order valence-corrected chi connectivity index (χ3v) is 8.54. The van der Waals surface area contributed by atoms with E-state index in [1.807, 2.05) is 12.1 Å². The van der Waals surface area contributed by atoms with Gasteiger partial charge < -0.3 is 26.4 Å². The fourth-order valence-electron chi connectivity index (χ4n) is 5.88. The van der Waals surface area contributed by atoms with Crippen molar-refractivity contribution in [3.63, 3.8) is 0 Å². The number of anilines is 1. The summed E-state index contributed by atoms with van der Waals surface area (Å²) in [5, 5.41) is 8.39. The van der Waals surface area contributed by atoms with Crippen LogP contribution in [0.15, 0.2) is 109 Å². The summed E-state index contributed by atoms with van der Waals surface area (Å²) in [6.07, 6.45) is 1.47. The van der Waals surface area contributed by atoms with E-state index in [1.165, 1.54) is 11.8 Å². The standard InChI is InChI=1S/C40H43N5O6/c1-27(43-34(46)25-28-14-13-19-31(24-28)37(48)29-15-5-2-6-16-29)39(49)44-36-38(30-17-7-3-8-18-30)51-33-21-10-9-20-32(33)45(40(36)50)26-35(47)42-23-12-4-11-22-41/h2-3,5-10,13-21,24,27,36,38H,4,11-12,22-23,25-26,41H2,1H3,(H,42,47)(H,43,46)(H,44,49)/t27-,36-,38+/m0/s1. The lowest BCUT2D eigenvalue weighted by atomic mass is 10.00. The molecule has 1 aliphatic rings. The van der Waals surface area contributed by atoms with Crippen molar-refractivity contribution in [3.05, 3.63) is 131 Å². The van der Waals surface area contributed by atoms with Crippen LogP contribution in [0, 0.1) is 0 Å². The summed E-state index contributed by atoms with van der Waals surface area (Å²) in [5.74, 6) is -1.74. The van der Waals surface area contributed by atoms with E-state index in [0.717, 1.165) is 19.3 Å². The van der Waals surface area contributed by atoms with Crippen molar-refractivity contribution in [2.75, 3.05) is 24.5 Å². The van der Waals surface area contributed by atoms with Gasteiger partial charge in [-0.1, -0.05) is 97.4 Å². The smallest absolute Gasteiger partial charge is 0.254 e. The first-order valence-electron chi connectivity index (χ1n) is 17.1. The molecule has 4 aromatic rings. The van der Waals surface area contributed by atoms with Crippen LogP contribution in [0.25, 0.3) is 0 Å². The van der Waals surface area contributed by atoms with Gasteiger partial charge in [0, 0.05) is 17.7 Å². The number of hydrogen-bond donors (Lipinski definition) is 4. The van der Waals surface area contributed by atoms with Crippen LogP contribution in [0.5, 0.6) is 5.75 Å². The number of amides is 4. The fraction of sp³-hybridized carbons (Fsp3) is 0.275. The zero-order valence-electron chi connectivity index (χ0n) is 28.5. The van der Waals surface area contributed by atoms with Crippen LogP contribution in [0.4, 0.5) is 5.69 Å². The minimum absolute atomic E-state index is 0.0734. The third kappa shape index (κ3) is 9.67. The molecule has 0 aliphatic carbocycles. The van der Waals surface area contributed by atoms with Crippen molar-refractivity contribution in [1.29, 1.82) is 0 Å². The maximum absolute atomic E-state index is 14.4. The average Bonchev–Trinajstić information content (AvgIpc) is 3.26. The average molecular weight is 690 g/mol. The van der Waals surface area contributed by atoms with Crippen LogP contribution < -0.4 is 31.3 Å². The number of rotatable bonds is 15. The molecule has 4 amide bonds. The van der Waals surface area contributed by atoms with E-state index in [9.17, 15) is 24.0 Å². The minimum atomic E-state index is -1.25. The Morgan fingerprint density at radius 1 is 0.804 bits per heavy atom. The van der Waals surface area contributed by atoms with Crippen LogP contribution in [-0.4, -0.2) is 61.1 Å². The van der Waals surface area contributed by atoms with Crippen LogP contribution >= 0.6 is 0 Å². The summed E-state index contributed by atoms with van der Waals surface area (Å²) >= 11 is 0. The molecule has 0 saturated carbocycles. The van der Waals surface area contributed by atoms with Gasteiger partial charge in [0.1, 0.15) is 24.4 Å². The highest BCUT2D eigenvalue weighted by molar-refractivity contribution is 6.09. The highest BCUT2D eigenvalue weighted by atomic mass is 16.5. The highest BCUT2D eigenvalue weighted by Gasteiger charge is 2.41. The summed E-state index contributed by atoms with van der Waals surface area (Å²) < 4.78 is 6.43. The number of fused-ring (bicyclic) bond motifs is 1. The molecule has 264 valence electrons. The molecule has 11 heteroatoms. The van der Waals surface area contributed by atoms with Crippen LogP contribution in [-0.2, 0) is 25.6 Å². The summed E-state index contributed by atoms with van der Waals surface area (Å²) in [4.78, 5) is 68.5. The maximum Gasteiger partial charge on any atom is 0.254 e. The van der Waals surface area contributed by atoms with Gasteiger partial charge in [0.25, 0.3) is 5.91 Å². The number of carbonyl (C=O) groups is 5. The number of para-hydroxylation sites is 2. The predicted octanol–water partition coefficient (Wildman–Crippen LogP) is 3.86. The van der Waals surface area contributed by atoms with Gasteiger partial charge >= 0.3 is 0 Å². The molecule has 0 unspecified atom stereocenters. The van der Waals surface area contributed by atoms with Crippen molar-refractivity contribution in [2.24, 2.45) is 5.73 Å². The Balaban J connectivity index is 1.31. The van der Waals surface area contributed by atoms with Crippen molar-refractivity contribution < 1.29 is 28.7 Å². The molecule has 11 nitrogen and oxygen atoms in total. The fourth-order valence-corrected chi connectivity index (χ4v) is 5.88. The summed E-state index contributed by atoms with van der Waals surface area (Å²) in [6, 6.07) is 29.3. The number of ketones is 1. The van der Waals surface area contributed by atoms with Crippen LogP contribution in [0.2, 0.25) is 0 Å². The first-order chi connectivity index (χ1) is 24.7. The van der Waals surface area contributed by atoms with Gasteiger partial charge in [0.05, 0.1) is 12.1 Å². The Labute approximate surface area is 297 Å². The summed E-state index contributed by atoms with van der Waals surface area (Å²) in [7, 11) is 0. The molecule has 3 atom stereocenters. The largest absolute Gasteiger partial charge is 0.481 e. The number of nitrogens with one attached hydrogen (secondary N) is 3. The molecule has 0 fully saturated rings. The predicted molar refractivity (Wildman–Crippen MR) is 194 cm³/mol. The van der Waals surface area contributed by atoms with E-state index in [4.69, 9.17) is 10.5 Å². The maximum atomic E-state index is 14.4. The monoisotopic (exact) mass is 689 g/mol. The summed E-state index contributed by atoms with van der Waals surface area (Å²) in [6.45, 7) is 2.25. The van der Waals surface area contributed by atoms with Gasteiger partial charge in [-0.3, -0.25) is 28.9 Å². The van der Waals surface area contributed by atoms with Gasteiger partial charge in [-0.15, -0.1) is 0 Å². The highest BCUT2D eigenvalue weighted by Crippen LogP contribution is 2.37. The molecule has 0 spiro atoms. The van der Waals surface area contributed by atoms with Gasteiger partial charge in [0.15, 0.2) is 11.9 Å². The SMILES string of the molecule is C[C@H](NC(=O)Cc1cccc(C(=O)c2ccccc2)c1)C(=O)N[C@@H]1C(=O)N(CC(=O)NCCCCCN)c2ccccc2O[C@@H]1c1ccccc1. The van der Waals surface area contributed by atoms with E-state index in [2.05, 4.69) is 16.0 Å². The van der Waals surface area contributed by atoms with E-state index in [0.29, 0.717) is 46.8 Å². The Bertz CT molecular complexity index is 1830. The lowest BCUT2D eigenvalue weighted by Gasteiger charge is -2.29. The third-order valence-electron chi connectivity index (χ3n) is 8.54. The molecule has 5 N–H and O–H groups in total. The number of carbonyl (C=O) groups excluding carboxylic acids is 5. The number of nitrogens with zero attached hydrogens (tertiary/aromatic N) is 1. The first kappa shape index (κ1) is 36.5. The van der Waals surface area contributed by atoms with Gasteiger partial charge in [0.2, 0.25) is 17.7 Å². The zero-order chi connectivity index (χ0) is 36.2. The second kappa shape index (κ2) is 17.7. The molecule has 1 aliphatic heterocycles. The Morgan fingerprint density at radius 2 is 1.49 bits per heavy atom. The van der Waals surface area contributed by atoms with Crippen molar-refractivity contribution in [1.82, 2.24) is 16.0 Å². The number of nitrogens with two attached hydrogens (primary N) is 1. The van der Waals surface area contributed by atoms with E-state index in [-0.39, 0.29) is 24.7 Å². The number of hydrogen-bond acceptors (Lipinski definition) is 7. The second-order valence-corrected chi connectivity index (χ2v) is 12.4. The van der Waals surface area contributed by atoms with Gasteiger partial charge in [-0.05, 0) is 55.6 Å². The number of unbranched alkanes of at least 4 members (excludes halogenated alkanes) is 2. The first-order valence-corrected chi connectivity index (χ1v) is 17.1. The number of ether oxygens (including phenoxy) is 1. The molecule has 0 bridgehead atoms. The molecule has 1 heterocycles. The molecular weight excluding hydrogens is 646 g/mol. The second-order valence-electron chi connectivity index (χ2n) is 12.4. The molecule has 0 radical (unpaired) electrons. The molecule has 0 saturated heterocycles. The van der Waals surface area contributed by atoms with Crippen molar-refractivity contribution >= 4 is 35.1 Å². The van der Waals surface area contributed by atoms with Crippen LogP contribution in [0.3, 0.4) is 0 Å². The van der Waals surface area contributed by atoms with Crippen molar-refractivity contribution in [2.45, 2.75) is 50.8 Å². The topological polar surface area (TPSA) is 160 Å². The molecule has 0 aromatic heterocycles. The normalized spacial score (nSPS) is 15.8. The molecule has 51 heavy (non-hydrogen) atoms. The van der Waals surface area contributed by atoms with Gasteiger partial charge in [-0.2, -0.15) is 0 Å². The van der Waals surface area contributed by atoms with E-state index < -0.39 is 35.9 Å². The van der Waals surface area contributed by atoms with E-state index >= 15 is 0 Å². The van der Waals surface area contributed by atoms with Crippen LogP contribution in [0.1, 0.15) is 59.3 Å². The van der Waals surface area contributed by atoms with Gasteiger partial charge in [-0.25, -0.2) is 0 Å². The Morgan fingerprint density at radius 3 is 2.24 bits per heavy atom. The lowest BCUT2D eigenvalue weighted by Crippen LogP contribution is -2.56.